The largest absolute Gasteiger partial charge is 0.335 e. The molecule has 1 amide bonds. The molecule has 0 unspecified atom stereocenters. The number of aromatic nitrogens is 1. The zero-order valence-corrected chi connectivity index (χ0v) is 12.9. The highest BCUT2D eigenvalue weighted by Gasteiger charge is 2.39. The van der Waals surface area contributed by atoms with E-state index in [1.807, 2.05) is 0 Å². The van der Waals surface area contributed by atoms with E-state index in [0.29, 0.717) is 17.5 Å². The lowest BCUT2D eigenvalue weighted by atomic mass is 9.72. The quantitative estimate of drug-likeness (QED) is 0.796. The number of pyridine rings is 1. The van der Waals surface area contributed by atoms with Crippen molar-refractivity contribution in [3.05, 3.63) is 34.2 Å². The molecule has 1 aromatic heterocycles. The van der Waals surface area contributed by atoms with Crippen molar-refractivity contribution in [3.8, 4) is 0 Å². The van der Waals surface area contributed by atoms with Gasteiger partial charge in [0.15, 0.2) is 0 Å². The summed E-state index contributed by atoms with van der Waals surface area (Å²) in [4.78, 5) is 26.4. The van der Waals surface area contributed by atoms with Gasteiger partial charge < -0.3 is 9.47 Å². The van der Waals surface area contributed by atoms with Crippen molar-refractivity contribution < 1.29 is 4.79 Å². The predicted molar refractivity (Wildman–Crippen MR) is 82.2 cm³/mol. The molecule has 0 N–H and O–H groups in total. The van der Waals surface area contributed by atoms with E-state index in [-0.39, 0.29) is 11.5 Å². The minimum absolute atomic E-state index is 0.0747. The predicted octanol–water partition coefficient (Wildman–Crippen LogP) is 2.43. The molecule has 0 bridgehead atoms. The fourth-order valence-corrected chi connectivity index (χ4v) is 4.05. The molecule has 114 valence electrons. The van der Waals surface area contributed by atoms with E-state index in [9.17, 15) is 9.59 Å². The fourth-order valence-electron chi connectivity index (χ4n) is 4.05. The first-order chi connectivity index (χ1) is 10.1. The van der Waals surface area contributed by atoms with Crippen molar-refractivity contribution in [1.29, 1.82) is 0 Å². The number of hydrogen-bond donors (Lipinski definition) is 0. The van der Waals surface area contributed by atoms with E-state index >= 15 is 0 Å². The van der Waals surface area contributed by atoms with Crippen LogP contribution in [-0.2, 0) is 7.05 Å². The van der Waals surface area contributed by atoms with Gasteiger partial charge in [-0.05, 0) is 37.2 Å². The maximum atomic E-state index is 12.8. The molecule has 4 nitrogen and oxygen atoms in total. The Morgan fingerprint density at radius 1 is 1.19 bits per heavy atom. The van der Waals surface area contributed by atoms with Gasteiger partial charge in [-0.1, -0.05) is 19.8 Å². The van der Waals surface area contributed by atoms with E-state index in [4.69, 9.17) is 0 Å². The Bertz CT molecular complexity index is 593. The smallest absolute Gasteiger partial charge is 0.255 e. The molecular weight excluding hydrogens is 264 g/mol. The summed E-state index contributed by atoms with van der Waals surface area (Å²) in [5, 5.41) is 0. The SMILES string of the molecule is C[C@@H]1CCN(C(=O)c2ccc(=O)n(C)c2)[C@@H]2CCCC[C@@H]12. The average Bonchev–Trinajstić information content (AvgIpc) is 2.50. The van der Waals surface area contributed by atoms with Crippen LogP contribution in [0.4, 0.5) is 0 Å². The van der Waals surface area contributed by atoms with Gasteiger partial charge in [-0.25, -0.2) is 0 Å². The van der Waals surface area contributed by atoms with E-state index < -0.39 is 0 Å². The number of carbonyl (C=O) groups excluding carboxylic acids is 1. The van der Waals surface area contributed by atoms with Crippen molar-refractivity contribution in [2.75, 3.05) is 6.54 Å². The van der Waals surface area contributed by atoms with Crippen LogP contribution in [0, 0.1) is 11.8 Å². The number of likely N-dealkylation sites (tertiary alicyclic amines) is 1. The van der Waals surface area contributed by atoms with Gasteiger partial charge in [0.25, 0.3) is 5.91 Å². The van der Waals surface area contributed by atoms with Crippen LogP contribution in [0.3, 0.4) is 0 Å². The van der Waals surface area contributed by atoms with E-state index in [2.05, 4.69) is 11.8 Å². The number of aryl methyl sites for hydroxylation is 1. The highest BCUT2D eigenvalue weighted by molar-refractivity contribution is 5.94. The summed E-state index contributed by atoms with van der Waals surface area (Å²) in [5.74, 6) is 1.47. The molecule has 0 radical (unpaired) electrons. The third-order valence-corrected chi connectivity index (χ3v) is 5.33. The van der Waals surface area contributed by atoms with Gasteiger partial charge in [0.2, 0.25) is 5.56 Å². The third-order valence-electron chi connectivity index (χ3n) is 5.33. The van der Waals surface area contributed by atoms with E-state index in [0.717, 1.165) is 25.3 Å². The molecule has 2 aliphatic rings. The average molecular weight is 288 g/mol. The first kappa shape index (κ1) is 14.4. The molecule has 1 saturated carbocycles. The van der Waals surface area contributed by atoms with Gasteiger partial charge in [-0.3, -0.25) is 9.59 Å². The Hall–Kier alpha value is -1.58. The third kappa shape index (κ3) is 2.63. The van der Waals surface area contributed by atoms with Crippen molar-refractivity contribution >= 4 is 5.91 Å². The Morgan fingerprint density at radius 2 is 1.95 bits per heavy atom. The van der Waals surface area contributed by atoms with Gasteiger partial charge in [0.1, 0.15) is 0 Å². The number of rotatable bonds is 1. The fraction of sp³-hybridized carbons (Fsp3) is 0.647. The Balaban J connectivity index is 1.86. The molecule has 1 saturated heterocycles. The van der Waals surface area contributed by atoms with Crippen LogP contribution in [0.5, 0.6) is 0 Å². The molecule has 1 aromatic rings. The number of fused-ring (bicyclic) bond motifs is 1. The zero-order chi connectivity index (χ0) is 15.0. The molecule has 1 aliphatic heterocycles. The summed E-state index contributed by atoms with van der Waals surface area (Å²) >= 11 is 0. The highest BCUT2D eigenvalue weighted by Crippen LogP contribution is 2.39. The van der Waals surface area contributed by atoms with Gasteiger partial charge >= 0.3 is 0 Å². The lowest BCUT2D eigenvalue weighted by Gasteiger charge is -2.47. The Morgan fingerprint density at radius 3 is 2.71 bits per heavy atom. The van der Waals surface area contributed by atoms with E-state index in [1.54, 1.807) is 19.3 Å². The second-order valence-corrected chi connectivity index (χ2v) is 6.65. The Kier molecular flexibility index (Phi) is 3.87. The Labute approximate surface area is 125 Å². The first-order valence-corrected chi connectivity index (χ1v) is 8.05. The summed E-state index contributed by atoms with van der Waals surface area (Å²) in [6, 6.07) is 3.55. The van der Waals surface area contributed by atoms with Gasteiger partial charge in [0.05, 0.1) is 5.56 Å². The van der Waals surface area contributed by atoms with Crippen LogP contribution in [0.15, 0.2) is 23.1 Å². The van der Waals surface area contributed by atoms with Crippen LogP contribution in [-0.4, -0.2) is 28.0 Å². The number of carbonyl (C=O) groups is 1. The standard InChI is InChI=1S/C17H24N2O2/c1-12-9-10-19(15-6-4-3-5-14(12)15)17(21)13-7-8-16(20)18(2)11-13/h7-8,11-12,14-15H,3-6,9-10H2,1-2H3/t12-,14+,15-/m1/s1. The van der Waals surface area contributed by atoms with Crippen molar-refractivity contribution in [3.63, 3.8) is 0 Å². The molecule has 0 spiro atoms. The van der Waals surface area contributed by atoms with Crippen molar-refractivity contribution in [1.82, 2.24) is 9.47 Å². The lowest BCUT2D eigenvalue weighted by Crippen LogP contribution is -2.52. The zero-order valence-electron chi connectivity index (χ0n) is 12.9. The molecule has 3 rings (SSSR count). The topological polar surface area (TPSA) is 42.3 Å². The number of piperidine rings is 1. The lowest BCUT2D eigenvalue weighted by molar-refractivity contribution is 0.0217. The summed E-state index contributed by atoms with van der Waals surface area (Å²) < 4.78 is 1.48. The second-order valence-electron chi connectivity index (χ2n) is 6.65. The summed E-state index contributed by atoms with van der Waals surface area (Å²) in [6.45, 7) is 3.18. The van der Waals surface area contributed by atoms with Gasteiger partial charge in [-0.15, -0.1) is 0 Å². The highest BCUT2D eigenvalue weighted by atomic mass is 16.2. The maximum Gasteiger partial charge on any atom is 0.255 e. The molecule has 4 heteroatoms. The molecule has 21 heavy (non-hydrogen) atoms. The molecule has 2 fully saturated rings. The first-order valence-electron chi connectivity index (χ1n) is 8.05. The summed E-state index contributed by atoms with van der Waals surface area (Å²) in [6.07, 6.45) is 7.67. The van der Waals surface area contributed by atoms with Crippen molar-refractivity contribution in [2.24, 2.45) is 18.9 Å². The van der Waals surface area contributed by atoms with Crippen LogP contribution < -0.4 is 5.56 Å². The number of amides is 1. The monoisotopic (exact) mass is 288 g/mol. The molecule has 3 atom stereocenters. The van der Waals surface area contributed by atoms with Crippen LogP contribution in [0.2, 0.25) is 0 Å². The van der Waals surface area contributed by atoms with Crippen LogP contribution in [0.25, 0.3) is 0 Å². The van der Waals surface area contributed by atoms with E-state index in [1.165, 1.54) is 29.9 Å². The minimum atomic E-state index is -0.0747. The maximum absolute atomic E-state index is 12.8. The van der Waals surface area contributed by atoms with Crippen LogP contribution in [0.1, 0.15) is 49.4 Å². The van der Waals surface area contributed by atoms with Crippen LogP contribution >= 0.6 is 0 Å². The van der Waals surface area contributed by atoms with Gasteiger partial charge in [0, 0.05) is 31.9 Å². The van der Waals surface area contributed by atoms with Crippen molar-refractivity contribution in [2.45, 2.75) is 45.1 Å². The summed E-state index contributed by atoms with van der Waals surface area (Å²) in [7, 11) is 1.70. The normalized spacial score (nSPS) is 29.0. The minimum Gasteiger partial charge on any atom is -0.335 e. The van der Waals surface area contributed by atoms with Gasteiger partial charge in [-0.2, -0.15) is 0 Å². The summed E-state index contributed by atoms with van der Waals surface area (Å²) in [5.41, 5.74) is 0.560. The number of hydrogen-bond acceptors (Lipinski definition) is 2. The molecule has 1 aliphatic carbocycles. The number of nitrogens with zero attached hydrogens (tertiary/aromatic N) is 2. The molecule has 0 aromatic carbocycles. The molecule has 2 heterocycles. The molecular formula is C17H24N2O2. The second kappa shape index (κ2) is 5.66.